The number of amides is 1. The fourth-order valence-electron chi connectivity index (χ4n) is 1.59. The Kier molecular flexibility index (Phi) is 7.30. The number of hydrogen-bond donors (Lipinski definition) is 1. The van der Waals surface area contributed by atoms with Crippen LogP contribution in [0.5, 0.6) is 5.75 Å². The number of halogens is 1. The van der Waals surface area contributed by atoms with Crippen LogP contribution in [0.2, 0.25) is 5.02 Å². The molecule has 5 heteroatoms. The van der Waals surface area contributed by atoms with Gasteiger partial charge in [-0.05, 0) is 32.1 Å². The minimum absolute atomic E-state index is 0.137. The molecule has 0 saturated carbocycles. The lowest BCUT2D eigenvalue weighted by Crippen LogP contribution is -2.31. The Morgan fingerprint density at radius 3 is 2.84 bits per heavy atom. The van der Waals surface area contributed by atoms with Gasteiger partial charge in [0.15, 0.2) is 0 Å². The van der Waals surface area contributed by atoms with E-state index >= 15 is 0 Å². The third kappa shape index (κ3) is 5.94. The summed E-state index contributed by atoms with van der Waals surface area (Å²) in [6.07, 6.45) is 1.41. The third-order valence-corrected chi connectivity index (χ3v) is 3.08. The number of carbonyl (C=O) groups excluding carboxylic acids is 1. The van der Waals surface area contributed by atoms with Crippen molar-refractivity contribution in [2.45, 2.75) is 12.8 Å². The molecular weight excluding hydrogens is 264 g/mol. The summed E-state index contributed by atoms with van der Waals surface area (Å²) in [7, 11) is 3.67. The number of rotatable bonds is 8. The summed E-state index contributed by atoms with van der Waals surface area (Å²) in [5, 5.41) is 3.61. The highest BCUT2D eigenvalue weighted by molar-refractivity contribution is 6.32. The Hall–Kier alpha value is -1.26. The molecule has 1 amide bonds. The van der Waals surface area contributed by atoms with E-state index in [9.17, 15) is 4.79 Å². The summed E-state index contributed by atoms with van der Waals surface area (Å²) >= 11 is 5.97. The van der Waals surface area contributed by atoms with Crippen LogP contribution in [0.25, 0.3) is 0 Å². The lowest BCUT2D eigenvalue weighted by atomic mass is 10.3. The second kappa shape index (κ2) is 8.77. The number of hydrogen-bond acceptors (Lipinski definition) is 3. The number of likely N-dealkylation sites (N-methyl/N-ethyl adjacent to an activating group) is 1. The number of benzene rings is 1. The van der Waals surface area contributed by atoms with Gasteiger partial charge in [0.2, 0.25) is 5.91 Å². The molecule has 0 aromatic heterocycles. The number of para-hydroxylation sites is 1. The standard InChI is InChI=1S/C14H21ClN2O2/c1-16-9-5-8-14(18)17(2)10-11-19-13-7-4-3-6-12(13)15/h3-4,6-7,16H,5,8-11H2,1-2H3. The first kappa shape index (κ1) is 15.8. The van der Waals surface area contributed by atoms with E-state index in [-0.39, 0.29) is 5.91 Å². The van der Waals surface area contributed by atoms with Gasteiger partial charge in [-0.1, -0.05) is 23.7 Å². The molecule has 0 bridgehead atoms. The highest BCUT2D eigenvalue weighted by atomic mass is 35.5. The number of carbonyl (C=O) groups is 1. The molecule has 1 rings (SSSR count). The van der Waals surface area contributed by atoms with Crippen molar-refractivity contribution >= 4 is 17.5 Å². The summed E-state index contributed by atoms with van der Waals surface area (Å²) < 4.78 is 5.55. The fraction of sp³-hybridized carbons (Fsp3) is 0.500. The van der Waals surface area contributed by atoms with E-state index in [1.54, 1.807) is 18.0 Å². The van der Waals surface area contributed by atoms with Crippen LogP contribution in [0.4, 0.5) is 0 Å². The zero-order valence-electron chi connectivity index (χ0n) is 11.5. The van der Waals surface area contributed by atoms with Gasteiger partial charge in [-0.2, -0.15) is 0 Å². The zero-order chi connectivity index (χ0) is 14.1. The van der Waals surface area contributed by atoms with E-state index in [0.717, 1.165) is 13.0 Å². The Bertz CT molecular complexity index is 399. The first-order valence-corrected chi connectivity index (χ1v) is 6.79. The normalized spacial score (nSPS) is 10.3. The van der Waals surface area contributed by atoms with Crippen LogP contribution in [0, 0.1) is 0 Å². The zero-order valence-corrected chi connectivity index (χ0v) is 12.2. The highest BCUT2D eigenvalue weighted by Crippen LogP contribution is 2.22. The van der Waals surface area contributed by atoms with Crippen molar-refractivity contribution in [2.75, 3.05) is 33.8 Å². The molecule has 0 aliphatic heterocycles. The van der Waals surface area contributed by atoms with Gasteiger partial charge in [-0.15, -0.1) is 0 Å². The van der Waals surface area contributed by atoms with Crippen molar-refractivity contribution in [1.29, 1.82) is 0 Å². The van der Waals surface area contributed by atoms with Crippen LogP contribution in [0.3, 0.4) is 0 Å². The molecule has 1 aromatic carbocycles. The van der Waals surface area contributed by atoms with Crippen LogP contribution < -0.4 is 10.1 Å². The van der Waals surface area contributed by atoms with Gasteiger partial charge >= 0.3 is 0 Å². The SMILES string of the molecule is CNCCCC(=O)N(C)CCOc1ccccc1Cl. The number of ether oxygens (including phenoxy) is 1. The fourth-order valence-corrected chi connectivity index (χ4v) is 1.78. The lowest BCUT2D eigenvalue weighted by molar-refractivity contribution is -0.130. The highest BCUT2D eigenvalue weighted by Gasteiger charge is 2.08. The topological polar surface area (TPSA) is 41.6 Å². The van der Waals surface area contributed by atoms with Gasteiger partial charge in [0.1, 0.15) is 12.4 Å². The monoisotopic (exact) mass is 284 g/mol. The van der Waals surface area contributed by atoms with Crippen molar-refractivity contribution in [1.82, 2.24) is 10.2 Å². The Balaban J connectivity index is 2.25. The van der Waals surface area contributed by atoms with E-state index in [0.29, 0.717) is 30.3 Å². The van der Waals surface area contributed by atoms with Crippen LogP contribution in [-0.4, -0.2) is 44.6 Å². The molecule has 1 N–H and O–H groups in total. The van der Waals surface area contributed by atoms with E-state index in [1.165, 1.54) is 0 Å². The molecule has 0 aliphatic carbocycles. The van der Waals surface area contributed by atoms with E-state index in [1.807, 2.05) is 25.2 Å². The molecular formula is C14H21ClN2O2. The summed E-state index contributed by atoms with van der Waals surface area (Å²) in [6, 6.07) is 7.32. The van der Waals surface area contributed by atoms with Gasteiger partial charge in [0, 0.05) is 13.5 Å². The maximum atomic E-state index is 11.7. The van der Waals surface area contributed by atoms with Crippen molar-refractivity contribution < 1.29 is 9.53 Å². The van der Waals surface area contributed by atoms with E-state index in [2.05, 4.69) is 5.32 Å². The Labute approximate surface area is 119 Å². The molecule has 0 spiro atoms. The number of nitrogens with one attached hydrogen (secondary N) is 1. The largest absolute Gasteiger partial charge is 0.490 e. The third-order valence-electron chi connectivity index (χ3n) is 2.76. The smallest absolute Gasteiger partial charge is 0.222 e. The molecule has 0 heterocycles. The molecule has 4 nitrogen and oxygen atoms in total. The van der Waals surface area contributed by atoms with Crippen molar-refractivity contribution in [3.8, 4) is 5.75 Å². The van der Waals surface area contributed by atoms with Crippen molar-refractivity contribution in [3.05, 3.63) is 29.3 Å². The molecule has 0 aliphatic rings. The quantitative estimate of drug-likeness (QED) is 0.744. The van der Waals surface area contributed by atoms with Gasteiger partial charge in [-0.25, -0.2) is 0 Å². The number of nitrogens with zero attached hydrogens (tertiary/aromatic N) is 1. The van der Waals surface area contributed by atoms with Crippen LogP contribution >= 0.6 is 11.6 Å². The average Bonchev–Trinajstić information content (AvgIpc) is 2.41. The van der Waals surface area contributed by atoms with E-state index in [4.69, 9.17) is 16.3 Å². The Morgan fingerprint density at radius 2 is 2.16 bits per heavy atom. The molecule has 0 atom stereocenters. The van der Waals surface area contributed by atoms with Gasteiger partial charge in [-0.3, -0.25) is 4.79 Å². The predicted molar refractivity (Wildman–Crippen MR) is 77.7 cm³/mol. The van der Waals surface area contributed by atoms with Gasteiger partial charge in [0.25, 0.3) is 0 Å². The average molecular weight is 285 g/mol. The molecule has 1 aromatic rings. The molecule has 0 radical (unpaired) electrons. The molecule has 0 unspecified atom stereocenters. The second-order valence-electron chi connectivity index (χ2n) is 4.30. The summed E-state index contributed by atoms with van der Waals surface area (Å²) in [4.78, 5) is 13.4. The van der Waals surface area contributed by atoms with Gasteiger partial charge in [0.05, 0.1) is 11.6 Å². The predicted octanol–water partition coefficient (Wildman–Crippen LogP) is 2.18. The first-order chi connectivity index (χ1) is 9.15. The molecule has 106 valence electrons. The Morgan fingerprint density at radius 1 is 1.42 bits per heavy atom. The van der Waals surface area contributed by atoms with Crippen LogP contribution in [0.1, 0.15) is 12.8 Å². The maximum Gasteiger partial charge on any atom is 0.222 e. The van der Waals surface area contributed by atoms with Crippen LogP contribution in [-0.2, 0) is 4.79 Å². The molecule has 0 saturated heterocycles. The molecule has 0 fully saturated rings. The second-order valence-corrected chi connectivity index (χ2v) is 4.71. The van der Waals surface area contributed by atoms with E-state index < -0.39 is 0 Å². The summed E-state index contributed by atoms with van der Waals surface area (Å²) in [5.74, 6) is 0.790. The summed E-state index contributed by atoms with van der Waals surface area (Å²) in [6.45, 7) is 1.86. The molecule has 19 heavy (non-hydrogen) atoms. The van der Waals surface area contributed by atoms with Crippen molar-refractivity contribution in [2.24, 2.45) is 0 Å². The summed E-state index contributed by atoms with van der Waals surface area (Å²) in [5.41, 5.74) is 0. The minimum atomic E-state index is 0.137. The van der Waals surface area contributed by atoms with Gasteiger partial charge < -0.3 is 15.0 Å². The lowest BCUT2D eigenvalue weighted by Gasteiger charge is -2.17. The van der Waals surface area contributed by atoms with Crippen LogP contribution in [0.15, 0.2) is 24.3 Å². The first-order valence-electron chi connectivity index (χ1n) is 6.41. The maximum absolute atomic E-state index is 11.7. The van der Waals surface area contributed by atoms with Crippen molar-refractivity contribution in [3.63, 3.8) is 0 Å². The minimum Gasteiger partial charge on any atom is -0.490 e.